The fourth-order valence-electron chi connectivity index (χ4n) is 2.79. The van der Waals surface area contributed by atoms with Crippen LogP contribution in [0.2, 0.25) is 0 Å². The maximum absolute atomic E-state index is 12.5. The molecule has 2 N–H and O–H groups in total. The third-order valence-corrected chi connectivity index (χ3v) is 4.61. The van der Waals surface area contributed by atoms with Gasteiger partial charge in [-0.1, -0.05) is 23.8 Å². The molecule has 0 saturated heterocycles. The molecular formula is C19H24N2O3S. The van der Waals surface area contributed by atoms with Gasteiger partial charge in [0, 0.05) is 5.56 Å². The van der Waals surface area contributed by atoms with Gasteiger partial charge in [-0.05, 0) is 62.6 Å². The summed E-state index contributed by atoms with van der Waals surface area (Å²) in [5.74, 6) is -0.193. The van der Waals surface area contributed by atoms with Gasteiger partial charge >= 0.3 is 0 Å². The number of benzene rings is 2. The molecule has 0 aromatic heterocycles. The number of carbonyl (C=O) groups excluding carboxylic acids is 1. The van der Waals surface area contributed by atoms with Crippen molar-refractivity contribution < 1.29 is 13.2 Å². The Hall–Kier alpha value is -2.34. The lowest BCUT2D eigenvalue weighted by molar-refractivity contribution is 0.0939. The van der Waals surface area contributed by atoms with Gasteiger partial charge in [-0.25, -0.2) is 8.42 Å². The highest BCUT2D eigenvalue weighted by Gasteiger charge is 2.14. The number of aryl methyl sites for hydroxylation is 3. The average Bonchev–Trinajstić information content (AvgIpc) is 2.47. The van der Waals surface area contributed by atoms with Crippen LogP contribution in [0.4, 0.5) is 5.69 Å². The standard InChI is InChI=1S/C19H24N2O3S/c1-12-6-8-17(13(2)10-12)15(4)20-19(22)16-7-9-18(14(3)11-16)21-25(5,23)24/h6-11,15,21H,1-5H3,(H,20,22)/t15-/m1/s1. The number of sulfonamides is 1. The van der Waals surface area contributed by atoms with Gasteiger partial charge in [0.2, 0.25) is 10.0 Å². The monoisotopic (exact) mass is 360 g/mol. The van der Waals surface area contributed by atoms with Gasteiger partial charge in [0.05, 0.1) is 18.0 Å². The zero-order valence-corrected chi connectivity index (χ0v) is 16.0. The highest BCUT2D eigenvalue weighted by molar-refractivity contribution is 7.92. The van der Waals surface area contributed by atoms with Gasteiger partial charge in [0.25, 0.3) is 5.91 Å². The Bertz CT molecular complexity index is 905. The zero-order chi connectivity index (χ0) is 18.8. The van der Waals surface area contributed by atoms with E-state index in [2.05, 4.69) is 16.1 Å². The first-order chi connectivity index (χ1) is 11.6. The molecule has 2 rings (SSSR count). The maximum atomic E-state index is 12.5. The van der Waals surface area contributed by atoms with E-state index >= 15 is 0 Å². The van der Waals surface area contributed by atoms with Crippen molar-refractivity contribution in [2.24, 2.45) is 0 Å². The van der Waals surface area contributed by atoms with E-state index in [1.54, 1.807) is 25.1 Å². The van der Waals surface area contributed by atoms with Crippen LogP contribution in [0.1, 0.15) is 45.6 Å². The second-order valence-electron chi connectivity index (χ2n) is 6.46. The van der Waals surface area contributed by atoms with E-state index in [0.717, 1.165) is 17.4 Å². The maximum Gasteiger partial charge on any atom is 0.251 e. The molecular weight excluding hydrogens is 336 g/mol. The van der Waals surface area contributed by atoms with E-state index < -0.39 is 10.0 Å². The normalized spacial score (nSPS) is 12.5. The molecule has 5 nitrogen and oxygen atoms in total. The second-order valence-corrected chi connectivity index (χ2v) is 8.21. The Morgan fingerprint density at radius 3 is 2.24 bits per heavy atom. The van der Waals surface area contributed by atoms with Crippen LogP contribution >= 0.6 is 0 Å². The molecule has 0 fully saturated rings. The average molecular weight is 360 g/mol. The molecule has 1 atom stereocenters. The van der Waals surface area contributed by atoms with Gasteiger partial charge in [0.15, 0.2) is 0 Å². The highest BCUT2D eigenvalue weighted by Crippen LogP contribution is 2.21. The van der Waals surface area contributed by atoms with Crippen molar-refractivity contribution in [3.05, 3.63) is 64.2 Å². The van der Waals surface area contributed by atoms with Crippen molar-refractivity contribution in [3.63, 3.8) is 0 Å². The lowest BCUT2D eigenvalue weighted by Crippen LogP contribution is -2.27. The van der Waals surface area contributed by atoms with E-state index in [4.69, 9.17) is 0 Å². The SMILES string of the molecule is Cc1ccc([C@@H](C)NC(=O)c2ccc(NS(C)(=O)=O)c(C)c2)c(C)c1. The van der Waals surface area contributed by atoms with Crippen molar-refractivity contribution in [3.8, 4) is 0 Å². The predicted octanol–water partition coefficient (Wildman–Crippen LogP) is 3.47. The van der Waals surface area contributed by atoms with Gasteiger partial charge in [-0.15, -0.1) is 0 Å². The largest absolute Gasteiger partial charge is 0.346 e. The third-order valence-electron chi connectivity index (χ3n) is 4.02. The molecule has 2 aromatic carbocycles. The quantitative estimate of drug-likeness (QED) is 0.857. The Morgan fingerprint density at radius 2 is 1.68 bits per heavy atom. The van der Waals surface area contributed by atoms with E-state index in [1.807, 2.05) is 32.9 Å². The van der Waals surface area contributed by atoms with Crippen LogP contribution in [0.15, 0.2) is 36.4 Å². The van der Waals surface area contributed by atoms with Crippen LogP contribution < -0.4 is 10.0 Å². The van der Waals surface area contributed by atoms with Crippen LogP contribution in [-0.2, 0) is 10.0 Å². The molecule has 2 aromatic rings. The number of hydrogen-bond donors (Lipinski definition) is 2. The second kappa shape index (κ2) is 7.27. The Labute approximate surface area is 149 Å². The zero-order valence-electron chi connectivity index (χ0n) is 15.2. The summed E-state index contributed by atoms with van der Waals surface area (Å²) < 4.78 is 25.1. The first kappa shape index (κ1) is 19.0. The van der Waals surface area contributed by atoms with E-state index in [-0.39, 0.29) is 11.9 Å². The minimum Gasteiger partial charge on any atom is -0.346 e. The Balaban J connectivity index is 2.16. The number of hydrogen-bond acceptors (Lipinski definition) is 3. The highest BCUT2D eigenvalue weighted by atomic mass is 32.2. The molecule has 0 aliphatic carbocycles. The lowest BCUT2D eigenvalue weighted by Gasteiger charge is -2.18. The molecule has 134 valence electrons. The number of rotatable bonds is 5. The van der Waals surface area contributed by atoms with Crippen LogP contribution in [0.25, 0.3) is 0 Å². The number of amides is 1. The summed E-state index contributed by atoms with van der Waals surface area (Å²) in [6, 6.07) is 10.9. The van der Waals surface area contributed by atoms with E-state index in [9.17, 15) is 13.2 Å². The number of anilines is 1. The van der Waals surface area contributed by atoms with Gasteiger partial charge in [-0.3, -0.25) is 9.52 Å². The molecule has 6 heteroatoms. The first-order valence-corrected chi connectivity index (χ1v) is 9.92. The summed E-state index contributed by atoms with van der Waals surface area (Å²) in [4.78, 5) is 12.5. The van der Waals surface area contributed by atoms with Crippen LogP contribution in [-0.4, -0.2) is 20.6 Å². The lowest BCUT2D eigenvalue weighted by atomic mass is 10.00. The Morgan fingerprint density at radius 1 is 1.00 bits per heavy atom. The van der Waals surface area contributed by atoms with Crippen molar-refractivity contribution in [2.45, 2.75) is 33.7 Å². The number of carbonyl (C=O) groups is 1. The van der Waals surface area contributed by atoms with Crippen LogP contribution in [0.5, 0.6) is 0 Å². The fourth-order valence-corrected chi connectivity index (χ4v) is 3.42. The molecule has 0 unspecified atom stereocenters. The Kier molecular flexibility index (Phi) is 5.52. The van der Waals surface area contributed by atoms with Crippen LogP contribution in [0.3, 0.4) is 0 Å². The molecule has 0 radical (unpaired) electrons. The molecule has 0 spiro atoms. The molecule has 25 heavy (non-hydrogen) atoms. The molecule has 1 amide bonds. The minimum atomic E-state index is -3.35. The first-order valence-electron chi connectivity index (χ1n) is 8.03. The summed E-state index contributed by atoms with van der Waals surface area (Å²) >= 11 is 0. The summed E-state index contributed by atoms with van der Waals surface area (Å²) in [6.07, 6.45) is 1.10. The molecule has 0 aliphatic heterocycles. The van der Waals surface area contributed by atoms with Gasteiger partial charge in [-0.2, -0.15) is 0 Å². The van der Waals surface area contributed by atoms with Crippen molar-refractivity contribution in [1.29, 1.82) is 0 Å². The van der Waals surface area contributed by atoms with Crippen LogP contribution in [0, 0.1) is 20.8 Å². The molecule has 0 saturated carbocycles. The molecule has 0 heterocycles. The minimum absolute atomic E-state index is 0.123. The summed E-state index contributed by atoms with van der Waals surface area (Å²) in [6.45, 7) is 7.77. The molecule has 0 aliphatic rings. The number of nitrogens with one attached hydrogen (secondary N) is 2. The summed E-state index contributed by atoms with van der Waals surface area (Å²) in [7, 11) is -3.35. The van der Waals surface area contributed by atoms with E-state index in [0.29, 0.717) is 16.8 Å². The predicted molar refractivity (Wildman–Crippen MR) is 101 cm³/mol. The van der Waals surface area contributed by atoms with Crippen molar-refractivity contribution in [1.82, 2.24) is 5.32 Å². The van der Waals surface area contributed by atoms with Gasteiger partial charge in [0.1, 0.15) is 0 Å². The summed E-state index contributed by atoms with van der Waals surface area (Å²) in [5.41, 5.74) is 5.05. The molecule has 0 bridgehead atoms. The third kappa shape index (κ3) is 5.06. The van der Waals surface area contributed by atoms with E-state index in [1.165, 1.54) is 5.56 Å². The van der Waals surface area contributed by atoms with Crippen molar-refractivity contribution in [2.75, 3.05) is 11.0 Å². The van der Waals surface area contributed by atoms with Gasteiger partial charge < -0.3 is 5.32 Å². The summed E-state index contributed by atoms with van der Waals surface area (Å²) in [5, 5.41) is 2.99. The fraction of sp³-hybridized carbons (Fsp3) is 0.316. The topological polar surface area (TPSA) is 75.3 Å². The van der Waals surface area contributed by atoms with Crippen molar-refractivity contribution >= 4 is 21.6 Å². The smallest absolute Gasteiger partial charge is 0.251 e.